The SMILES string of the molecule is CN(Cc1cccc(Br)c1)c1cccc(NN)n1. The van der Waals surface area contributed by atoms with E-state index >= 15 is 0 Å². The molecule has 0 saturated carbocycles. The molecule has 0 aliphatic heterocycles. The Bertz CT molecular complexity index is 530. The fourth-order valence-electron chi connectivity index (χ4n) is 1.71. The quantitative estimate of drug-likeness (QED) is 0.674. The van der Waals surface area contributed by atoms with Crippen LogP contribution in [0.4, 0.5) is 11.6 Å². The molecule has 1 aromatic heterocycles. The number of nitrogens with two attached hydrogens (primary N) is 1. The van der Waals surface area contributed by atoms with Gasteiger partial charge in [0.25, 0.3) is 0 Å². The Balaban J connectivity index is 2.13. The first kappa shape index (κ1) is 12.9. The van der Waals surface area contributed by atoms with Crippen LogP contribution in [-0.2, 0) is 6.54 Å². The second-order valence-electron chi connectivity index (χ2n) is 4.01. The van der Waals surface area contributed by atoms with E-state index in [0.29, 0.717) is 5.82 Å². The molecule has 0 bridgehead atoms. The molecule has 0 atom stereocenters. The van der Waals surface area contributed by atoms with Gasteiger partial charge in [-0.1, -0.05) is 34.1 Å². The standard InChI is InChI=1S/C13H15BrN4/c1-18(9-10-4-2-5-11(14)8-10)13-7-3-6-12(16-13)17-15/h2-8H,9,15H2,1H3,(H,16,17). The second kappa shape index (κ2) is 5.84. The van der Waals surface area contributed by atoms with Gasteiger partial charge in [-0.05, 0) is 29.8 Å². The van der Waals surface area contributed by atoms with Crippen molar-refractivity contribution in [2.24, 2.45) is 5.84 Å². The third-order valence-electron chi connectivity index (χ3n) is 2.58. The first-order valence-electron chi connectivity index (χ1n) is 5.58. The average molecular weight is 307 g/mol. The molecule has 3 N–H and O–H groups in total. The molecule has 4 nitrogen and oxygen atoms in total. The van der Waals surface area contributed by atoms with Crippen LogP contribution in [0.15, 0.2) is 46.9 Å². The van der Waals surface area contributed by atoms with E-state index in [1.165, 1.54) is 5.56 Å². The highest BCUT2D eigenvalue weighted by atomic mass is 79.9. The fourth-order valence-corrected chi connectivity index (χ4v) is 2.15. The Kier molecular flexibility index (Phi) is 4.17. The number of benzene rings is 1. The second-order valence-corrected chi connectivity index (χ2v) is 4.93. The number of hydrogen-bond donors (Lipinski definition) is 2. The molecule has 18 heavy (non-hydrogen) atoms. The highest BCUT2D eigenvalue weighted by Gasteiger charge is 2.04. The molecular formula is C13H15BrN4. The van der Waals surface area contributed by atoms with Crippen molar-refractivity contribution in [2.75, 3.05) is 17.4 Å². The molecule has 0 amide bonds. The van der Waals surface area contributed by atoms with Crippen molar-refractivity contribution >= 4 is 27.6 Å². The van der Waals surface area contributed by atoms with Gasteiger partial charge in [-0.2, -0.15) is 0 Å². The van der Waals surface area contributed by atoms with Crippen LogP contribution >= 0.6 is 15.9 Å². The van der Waals surface area contributed by atoms with Crippen LogP contribution in [-0.4, -0.2) is 12.0 Å². The summed E-state index contributed by atoms with van der Waals surface area (Å²) < 4.78 is 1.08. The van der Waals surface area contributed by atoms with Gasteiger partial charge in [0.05, 0.1) is 0 Å². The van der Waals surface area contributed by atoms with E-state index in [1.807, 2.05) is 37.4 Å². The van der Waals surface area contributed by atoms with E-state index in [9.17, 15) is 0 Å². The molecule has 0 aliphatic rings. The Morgan fingerprint density at radius 3 is 2.78 bits per heavy atom. The van der Waals surface area contributed by atoms with E-state index < -0.39 is 0 Å². The maximum absolute atomic E-state index is 5.35. The van der Waals surface area contributed by atoms with Crippen molar-refractivity contribution < 1.29 is 0 Å². The molecule has 0 spiro atoms. The molecule has 0 unspecified atom stereocenters. The minimum atomic E-state index is 0.661. The predicted octanol–water partition coefficient (Wildman–Crippen LogP) is 2.77. The van der Waals surface area contributed by atoms with Gasteiger partial charge in [-0.25, -0.2) is 10.8 Å². The summed E-state index contributed by atoms with van der Waals surface area (Å²) in [7, 11) is 2.00. The van der Waals surface area contributed by atoms with Crippen molar-refractivity contribution in [1.82, 2.24) is 4.98 Å². The molecule has 94 valence electrons. The molecule has 0 saturated heterocycles. The van der Waals surface area contributed by atoms with Gasteiger partial charge in [0.15, 0.2) is 0 Å². The number of nitrogen functional groups attached to an aromatic ring is 1. The van der Waals surface area contributed by atoms with Gasteiger partial charge in [-0.15, -0.1) is 0 Å². The molecule has 2 aromatic rings. The van der Waals surface area contributed by atoms with E-state index in [-0.39, 0.29) is 0 Å². The lowest BCUT2D eigenvalue weighted by molar-refractivity contribution is 0.897. The topological polar surface area (TPSA) is 54.2 Å². The summed E-state index contributed by atoms with van der Waals surface area (Å²) >= 11 is 3.47. The van der Waals surface area contributed by atoms with Crippen LogP contribution in [0.3, 0.4) is 0 Å². The number of hydrogen-bond acceptors (Lipinski definition) is 4. The molecule has 1 aromatic carbocycles. The van der Waals surface area contributed by atoms with Crippen LogP contribution in [0, 0.1) is 0 Å². The molecule has 0 fully saturated rings. The van der Waals surface area contributed by atoms with Gasteiger partial charge in [0.1, 0.15) is 11.6 Å². The molecule has 0 aliphatic carbocycles. The molecule has 2 rings (SSSR count). The number of pyridine rings is 1. The lowest BCUT2D eigenvalue weighted by atomic mass is 10.2. The smallest absolute Gasteiger partial charge is 0.142 e. The number of nitrogens with one attached hydrogen (secondary N) is 1. The summed E-state index contributed by atoms with van der Waals surface area (Å²) in [4.78, 5) is 6.46. The van der Waals surface area contributed by atoms with Gasteiger partial charge >= 0.3 is 0 Å². The van der Waals surface area contributed by atoms with Gasteiger partial charge in [0, 0.05) is 18.1 Å². The average Bonchev–Trinajstić information content (AvgIpc) is 2.39. The Morgan fingerprint density at radius 1 is 1.28 bits per heavy atom. The van der Waals surface area contributed by atoms with Crippen molar-refractivity contribution in [2.45, 2.75) is 6.54 Å². The molecule has 5 heteroatoms. The third kappa shape index (κ3) is 3.21. The highest BCUT2D eigenvalue weighted by Crippen LogP contribution is 2.17. The third-order valence-corrected chi connectivity index (χ3v) is 3.08. The largest absolute Gasteiger partial charge is 0.355 e. The van der Waals surface area contributed by atoms with E-state index in [1.54, 1.807) is 0 Å². The van der Waals surface area contributed by atoms with Gasteiger partial charge in [0.2, 0.25) is 0 Å². The summed E-state index contributed by atoms with van der Waals surface area (Å²) in [5.41, 5.74) is 3.77. The van der Waals surface area contributed by atoms with Gasteiger partial charge < -0.3 is 10.3 Å². The van der Waals surface area contributed by atoms with Crippen LogP contribution in [0.25, 0.3) is 0 Å². The number of rotatable bonds is 4. The van der Waals surface area contributed by atoms with Crippen LogP contribution < -0.4 is 16.2 Å². The highest BCUT2D eigenvalue weighted by molar-refractivity contribution is 9.10. The summed E-state index contributed by atoms with van der Waals surface area (Å²) in [5.74, 6) is 6.89. The fraction of sp³-hybridized carbons (Fsp3) is 0.154. The number of hydrazine groups is 1. The van der Waals surface area contributed by atoms with Crippen LogP contribution in [0.1, 0.15) is 5.56 Å². The minimum Gasteiger partial charge on any atom is -0.355 e. The zero-order chi connectivity index (χ0) is 13.0. The predicted molar refractivity (Wildman–Crippen MR) is 78.3 cm³/mol. The Hall–Kier alpha value is -1.59. The summed E-state index contributed by atoms with van der Waals surface area (Å²) in [5, 5.41) is 0. The summed E-state index contributed by atoms with van der Waals surface area (Å²) in [6, 6.07) is 13.9. The van der Waals surface area contributed by atoms with Crippen molar-refractivity contribution in [3.05, 3.63) is 52.5 Å². The van der Waals surface area contributed by atoms with Crippen molar-refractivity contribution in [1.29, 1.82) is 0 Å². The van der Waals surface area contributed by atoms with Crippen molar-refractivity contribution in [3.63, 3.8) is 0 Å². The van der Waals surface area contributed by atoms with E-state index in [0.717, 1.165) is 16.8 Å². The number of nitrogens with zero attached hydrogens (tertiary/aromatic N) is 2. The number of halogens is 1. The van der Waals surface area contributed by atoms with Gasteiger partial charge in [-0.3, -0.25) is 0 Å². The molecular weight excluding hydrogens is 292 g/mol. The van der Waals surface area contributed by atoms with E-state index in [4.69, 9.17) is 5.84 Å². The normalized spacial score (nSPS) is 10.2. The number of anilines is 2. The molecule has 1 heterocycles. The summed E-state index contributed by atoms with van der Waals surface area (Å²) in [6.07, 6.45) is 0. The monoisotopic (exact) mass is 306 g/mol. The zero-order valence-corrected chi connectivity index (χ0v) is 11.7. The van der Waals surface area contributed by atoms with Crippen molar-refractivity contribution in [3.8, 4) is 0 Å². The van der Waals surface area contributed by atoms with Crippen LogP contribution in [0.5, 0.6) is 0 Å². The number of aromatic nitrogens is 1. The maximum atomic E-state index is 5.35. The first-order valence-corrected chi connectivity index (χ1v) is 6.37. The van der Waals surface area contributed by atoms with E-state index in [2.05, 4.69) is 43.4 Å². The minimum absolute atomic E-state index is 0.661. The lowest BCUT2D eigenvalue weighted by Crippen LogP contribution is -2.18. The molecule has 0 radical (unpaired) electrons. The Morgan fingerprint density at radius 2 is 2.06 bits per heavy atom. The lowest BCUT2D eigenvalue weighted by Gasteiger charge is -2.19. The van der Waals surface area contributed by atoms with Crippen LogP contribution in [0.2, 0.25) is 0 Å². The maximum Gasteiger partial charge on any atom is 0.142 e. The summed E-state index contributed by atoms with van der Waals surface area (Å²) in [6.45, 7) is 0.792. The first-order chi connectivity index (χ1) is 8.69. The zero-order valence-electron chi connectivity index (χ0n) is 10.1. The Labute approximate surface area is 115 Å².